The van der Waals surface area contributed by atoms with Gasteiger partial charge in [-0.25, -0.2) is 13.4 Å². The number of hydrogen-bond donors (Lipinski definition) is 0. The second kappa shape index (κ2) is 5.10. The summed E-state index contributed by atoms with van der Waals surface area (Å²) in [6.07, 6.45) is 2.04. The fraction of sp³-hybridized carbons (Fsp3) is 0.533. The van der Waals surface area contributed by atoms with E-state index in [2.05, 4.69) is 11.9 Å². The van der Waals surface area contributed by atoms with Crippen LogP contribution in [0.1, 0.15) is 25.6 Å². The van der Waals surface area contributed by atoms with Gasteiger partial charge in [-0.3, -0.25) is 0 Å². The average molecular weight is 307 g/mol. The Bertz CT molecular complexity index is 780. The average Bonchev–Trinajstić information content (AvgIpc) is 2.73. The van der Waals surface area contributed by atoms with E-state index < -0.39 is 10.0 Å². The molecule has 0 spiro atoms. The van der Waals surface area contributed by atoms with Crippen LogP contribution in [0.15, 0.2) is 23.1 Å². The van der Waals surface area contributed by atoms with Crippen LogP contribution < -0.4 is 0 Å². The molecule has 5 nitrogen and oxygen atoms in total. The van der Waals surface area contributed by atoms with Crippen LogP contribution in [0.3, 0.4) is 0 Å². The van der Waals surface area contributed by atoms with Crippen molar-refractivity contribution in [1.82, 2.24) is 13.9 Å². The smallest absolute Gasteiger partial charge is 0.243 e. The zero-order valence-electron chi connectivity index (χ0n) is 12.7. The molecule has 2 heterocycles. The molecular weight excluding hydrogens is 286 g/mol. The molecule has 0 bridgehead atoms. The van der Waals surface area contributed by atoms with Gasteiger partial charge in [0.25, 0.3) is 0 Å². The lowest BCUT2D eigenvalue weighted by molar-refractivity contribution is 0.281. The molecule has 1 aromatic heterocycles. The summed E-state index contributed by atoms with van der Waals surface area (Å²) in [5, 5.41) is 0. The largest absolute Gasteiger partial charge is 0.331 e. The molecule has 1 aliphatic heterocycles. The fourth-order valence-electron chi connectivity index (χ4n) is 2.97. The zero-order valence-corrected chi connectivity index (χ0v) is 13.5. The van der Waals surface area contributed by atoms with Crippen LogP contribution in [-0.2, 0) is 17.1 Å². The molecule has 1 unspecified atom stereocenters. The highest BCUT2D eigenvalue weighted by molar-refractivity contribution is 7.89. The van der Waals surface area contributed by atoms with Crippen LogP contribution in [0, 0.1) is 12.8 Å². The highest BCUT2D eigenvalue weighted by Crippen LogP contribution is 2.25. The maximum Gasteiger partial charge on any atom is 0.243 e. The van der Waals surface area contributed by atoms with E-state index in [1.54, 1.807) is 16.4 Å². The number of sulfonamides is 1. The highest BCUT2D eigenvalue weighted by atomic mass is 32.2. The maximum atomic E-state index is 12.8. The van der Waals surface area contributed by atoms with Gasteiger partial charge in [0.05, 0.1) is 15.9 Å². The van der Waals surface area contributed by atoms with Crippen LogP contribution in [-0.4, -0.2) is 35.4 Å². The number of rotatable bonds is 2. The SMILES string of the molecule is Cc1nc2cc(S(=O)(=O)N3CCCC(C)C3)ccc2n1C. The Labute approximate surface area is 125 Å². The normalized spacial score (nSPS) is 21.0. The van der Waals surface area contributed by atoms with Crippen molar-refractivity contribution in [2.75, 3.05) is 13.1 Å². The molecule has 0 radical (unpaired) electrons. The summed E-state index contributed by atoms with van der Waals surface area (Å²) in [6, 6.07) is 5.23. The van der Waals surface area contributed by atoms with E-state index in [1.165, 1.54) is 0 Å². The first kappa shape index (κ1) is 14.5. The van der Waals surface area contributed by atoms with Crippen molar-refractivity contribution in [2.45, 2.75) is 31.6 Å². The van der Waals surface area contributed by atoms with E-state index in [0.29, 0.717) is 23.9 Å². The zero-order chi connectivity index (χ0) is 15.2. The molecule has 0 aliphatic carbocycles. The number of aryl methyl sites for hydroxylation is 2. The van der Waals surface area contributed by atoms with Gasteiger partial charge in [0.1, 0.15) is 5.82 Å². The van der Waals surface area contributed by atoms with Gasteiger partial charge in [0, 0.05) is 20.1 Å². The first-order valence-electron chi connectivity index (χ1n) is 7.33. The summed E-state index contributed by atoms with van der Waals surface area (Å²) in [5.41, 5.74) is 1.69. The Morgan fingerprint density at radius 1 is 1.33 bits per heavy atom. The Morgan fingerprint density at radius 2 is 2.10 bits per heavy atom. The Hall–Kier alpha value is -1.40. The monoisotopic (exact) mass is 307 g/mol. The molecule has 21 heavy (non-hydrogen) atoms. The lowest BCUT2D eigenvalue weighted by Gasteiger charge is -2.30. The predicted molar refractivity (Wildman–Crippen MR) is 82.6 cm³/mol. The molecule has 3 rings (SSSR count). The number of imidazole rings is 1. The van der Waals surface area contributed by atoms with E-state index in [0.717, 1.165) is 29.7 Å². The third kappa shape index (κ3) is 2.46. The standard InChI is InChI=1S/C15H21N3O2S/c1-11-5-4-8-18(10-11)21(19,20)13-6-7-15-14(9-13)16-12(2)17(15)3/h6-7,9,11H,4-5,8,10H2,1-3H3. The van der Waals surface area contributed by atoms with Gasteiger partial charge < -0.3 is 4.57 Å². The van der Waals surface area contributed by atoms with Gasteiger partial charge in [-0.2, -0.15) is 4.31 Å². The molecule has 0 N–H and O–H groups in total. The molecule has 1 atom stereocenters. The van der Waals surface area contributed by atoms with Crippen LogP contribution in [0.4, 0.5) is 0 Å². The number of aromatic nitrogens is 2. The molecule has 1 fully saturated rings. The van der Waals surface area contributed by atoms with Gasteiger partial charge in [-0.05, 0) is 43.9 Å². The van der Waals surface area contributed by atoms with Crippen molar-refractivity contribution >= 4 is 21.1 Å². The number of nitrogens with zero attached hydrogens (tertiary/aromatic N) is 3. The molecule has 0 saturated carbocycles. The highest BCUT2D eigenvalue weighted by Gasteiger charge is 2.29. The summed E-state index contributed by atoms with van der Waals surface area (Å²) < 4.78 is 29.1. The van der Waals surface area contributed by atoms with Crippen LogP contribution in [0.5, 0.6) is 0 Å². The topological polar surface area (TPSA) is 55.2 Å². The van der Waals surface area contributed by atoms with Gasteiger partial charge >= 0.3 is 0 Å². The predicted octanol–water partition coefficient (Wildman–Crippen LogP) is 2.30. The van der Waals surface area contributed by atoms with E-state index in [-0.39, 0.29) is 0 Å². The molecule has 1 aliphatic rings. The third-order valence-corrected chi connectivity index (χ3v) is 6.19. The maximum absolute atomic E-state index is 12.8. The molecule has 114 valence electrons. The van der Waals surface area contributed by atoms with Crippen molar-refractivity contribution in [3.8, 4) is 0 Å². The van der Waals surface area contributed by atoms with Crippen LogP contribution in [0.2, 0.25) is 0 Å². The lowest BCUT2D eigenvalue weighted by Crippen LogP contribution is -2.39. The lowest BCUT2D eigenvalue weighted by atomic mass is 10.0. The number of hydrogen-bond acceptors (Lipinski definition) is 3. The molecular formula is C15H21N3O2S. The first-order chi connectivity index (χ1) is 9.89. The van der Waals surface area contributed by atoms with Crippen LogP contribution >= 0.6 is 0 Å². The summed E-state index contributed by atoms with van der Waals surface area (Å²) in [5.74, 6) is 1.31. The summed E-state index contributed by atoms with van der Waals surface area (Å²) in [7, 11) is -1.47. The second-order valence-electron chi connectivity index (χ2n) is 5.98. The van der Waals surface area contributed by atoms with Gasteiger partial charge in [-0.15, -0.1) is 0 Å². The Morgan fingerprint density at radius 3 is 2.81 bits per heavy atom. The number of piperidine rings is 1. The van der Waals surface area contributed by atoms with Crippen molar-refractivity contribution < 1.29 is 8.42 Å². The van der Waals surface area contributed by atoms with Crippen LogP contribution in [0.25, 0.3) is 11.0 Å². The molecule has 1 aromatic carbocycles. The van der Waals surface area contributed by atoms with E-state index >= 15 is 0 Å². The van der Waals surface area contributed by atoms with Crippen molar-refractivity contribution in [3.05, 3.63) is 24.0 Å². The third-order valence-electron chi connectivity index (χ3n) is 4.33. The minimum atomic E-state index is -3.41. The quantitative estimate of drug-likeness (QED) is 0.855. The Balaban J connectivity index is 2.02. The molecule has 2 aromatic rings. The number of benzene rings is 1. The number of fused-ring (bicyclic) bond motifs is 1. The van der Waals surface area contributed by atoms with E-state index in [9.17, 15) is 8.42 Å². The second-order valence-corrected chi connectivity index (χ2v) is 7.92. The summed E-state index contributed by atoms with van der Waals surface area (Å²) in [6.45, 7) is 5.25. The van der Waals surface area contributed by atoms with Crippen molar-refractivity contribution in [1.29, 1.82) is 0 Å². The molecule has 6 heteroatoms. The summed E-state index contributed by atoms with van der Waals surface area (Å²) >= 11 is 0. The van der Waals surface area contributed by atoms with E-state index in [4.69, 9.17) is 0 Å². The van der Waals surface area contributed by atoms with Crippen molar-refractivity contribution in [3.63, 3.8) is 0 Å². The van der Waals surface area contributed by atoms with E-state index in [1.807, 2.05) is 24.6 Å². The minimum absolute atomic E-state index is 0.349. The Kier molecular flexibility index (Phi) is 3.53. The molecule has 0 amide bonds. The molecule has 1 saturated heterocycles. The van der Waals surface area contributed by atoms with Gasteiger partial charge in [0.15, 0.2) is 0 Å². The van der Waals surface area contributed by atoms with Gasteiger partial charge in [0.2, 0.25) is 10.0 Å². The van der Waals surface area contributed by atoms with Gasteiger partial charge in [-0.1, -0.05) is 6.92 Å². The fourth-order valence-corrected chi connectivity index (χ4v) is 4.59. The first-order valence-corrected chi connectivity index (χ1v) is 8.77. The minimum Gasteiger partial charge on any atom is -0.331 e. The summed E-state index contributed by atoms with van der Waals surface area (Å²) in [4.78, 5) is 4.78. The van der Waals surface area contributed by atoms with Crippen molar-refractivity contribution in [2.24, 2.45) is 13.0 Å².